The van der Waals surface area contributed by atoms with Gasteiger partial charge >= 0.3 is 0 Å². The molecule has 0 aromatic heterocycles. The van der Waals surface area contributed by atoms with E-state index >= 15 is 0 Å². The SMILES string of the molecule is COCCC(N)C(=O)NCCc1ccc2c(c1)OCCO2. The highest BCUT2D eigenvalue weighted by Crippen LogP contribution is 2.30. The summed E-state index contributed by atoms with van der Waals surface area (Å²) in [5.41, 5.74) is 6.83. The molecule has 3 N–H and O–H groups in total. The standard InChI is InChI=1S/C15H22N2O4/c1-19-7-5-12(16)15(18)17-6-4-11-2-3-13-14(10-11)21-9-8-20-13/h2-3,10,12H,4-9,16H2,1H3,(H,17,18). The molecule has 1 amide bonds. The summed E-state index contributed by atoms with van der Waals surface area (Å²) in [6.45, 7) is 2.18. The summed E-state index contributed by atoms with van der Waals surface area (Å²) in [4.78, 5) is 11.7. The summed E-state index contributed by atoms with van der Waals surface area (Å²) in [5, 5.41) is 2.83. The van der Waals surface area contributed by atoms with Crippen LogP contribution in [-0.4, -0.2) is 45.4 Å². The number of methoxy groups -OCH3 is 1. The maximum absolute atomic E-state index is 11.7. The Morgan fingerprint density at radius 1 is 1.38 bits per heavy atom. The highest BCUT2D eigenvalue weighted by molar-refractivity contribution is 5.81. The van der Waals surface area contributed by atoms with Gasteiger partial charge in [-0.25, -0.2) is 0 Å². The molecular weight excluding hydrogens is 272 g/mol. The number of carbonyl (C=O) groups excluding carboxylic acids is 1. The molecule has 0 aliphatic carbocycles. The van der Waals surface area contributed by atoms with E-state index in [1.165, 1.54) is 0 Å². The van der Waals surface area contributed by atoms with Gasteiger partial charge in [-0.3, -0.25) is 4.79 Å². The van der Waals surface area contributed by atoms with Crippen LogP contribution in [0.2, 0.25) is 0 Å². The van der Waals surface area contributed by atoms with Crippen LogP contribution in [-0.2, 0) is 16.0 Å². The molecule has 0 spiro atoms. The minimum atomic E-state index is -0.523. The topological polar surface area (TPSA) is 82.8 Å². The smallest absolute Gasteiger partial charge is 0.237 e. The summed E-state index contributed by atoms with van der Waals surface area (Å²) in [7, 11) is 1.59. The fourth-order valence-electron chi connectivity index (χ4n) is 2.08. The normalized spacial score (nSPS) is 14.6. The van der Waals surface area contributed by atoms with Crippen LogP contribution in [0.25, 0.3) is 0 Å². The highest BCUT2D eigenvalue weighted by Gasteiger charge is 2.13. The van der Waals surface area contributed by atoms with Crippen molar-refractivity contribution in [2.45, 2.75) is 18.9 Å². The summed E-state index contributed by atoms with van der Waals surface area (Å²) in [6, 6.07) is 5.30. The number of rotatable bonds is 7. The maximum Gasteiger partial charge on any atom is 0.237 e. The first-order chi connectivity index (χ1) is 10.2. The molecule has 21 heavy (non-hydrogen) atoms. The second kappa shape index (κ2) is 7.85. The van der Waals surface area contributed by atoms with Gasteiger partial charge in [0.25, 0.3) is 0 Å². The van der Waals surface area contributed by atoms with Crippen molar-refractivity contribution in [1.29, 1.82) is 0 Å². The monoisotopic (exact) mass is 294 g/mol. The predicted molar refractivity (Wildman–Crippen MR) is 78.6 cm³/mol. The van der Waals surface area contributed by atoms with E-state index in [1.54, 1.807) is 7.11 Å². The molecule has 1 aromatic rings. The van der Waals surface area contributed by atoms with Gasteiger partial charge in [-0.05, 0) is 30.5 Å². The number of benzene rings is 1. The molecule has 1 aliphatic heterocycles. The molecule has 1 aromatic carbocycles. The van der Waals surface area contributed by atoms with Crippen LogP contribution in [0.1, 0.15) is 12.0 Å². The number of hydrogen-bond acceptors (Lipinski definition) is 5. The first-order valence-corrected chi connectivity index (χ1v) is 7.11. The number of carbonyl (C=O) groups is 1. The zero-order valence-corrected chi connectivity index (χ0v) is 12.3. The van der Waals surface area contributed by atoms with E-state index in [0.29, 0.717) is 32.8 Å². The van der Waals surface area contributed by atoms with Crippen molar-refractivity contribution in [2.24, 2.45) is 5.73 Å². The van der Waals surface area contributed by atoms with Crippen molar-refractivity contribution in [2.75, 3.05) is 33.5 Å². The third-order valence-corrected chi connectivity index (χ3v) is 3.29. The van der Waals surface area contributed by atoms with Gasteiger partial charge in [0.15, 0.2) is 11.5 Å². The van der Waals surface area contributed by atoms with E-state index in [0.717, 1.165) is 23.5 Å². The fraction of sp³-hybridized carbons (Fsp3) is 0.533. The van der Waals surface area contributed by atoms with Crippen LogP contribution in [0, 0.1) is 0 Å². The zero-order valence-electron chi connectivity index (χ0n) is 12.3. The minimum absolute atomic E-state index is 0.149. The van der Waals surface area contributed by atoms with Crippen molar-refractivity contribution >= 4 is 5.91 Å². The third kappa shape index (κ3) is 4.61. The molecule has 0 radical (unpaired) electrons. The summed E-state index contributed by atoms with van der Waals surface area (Å²) >= 11 is 0. The molecular formula is C15H22N2O4. The van der Waals surface area contributed by atoms with Gasteiger partial charge in [0, 0.05) is 20.3 Å². The molecule has 1 heterocycles. The molecule has 6 nitrogen and oxygen atoms in total. The van der Waals surface area contributed by atoms with Crippen LogP contribution in [0.3, 0.4) is 0 Å². The molecule has 6 heteroatoms. The van der Waals surface area contributed by atoms with Crippen molar-refractivity contribution in [3.05, 3.63) is 23.8 Å². The van der Waals surface area contributed by atoms with E-state index in [9.17, 15) is 4.79 Å². The van der Waals surface area contributed by atoms with Gasteiger partial charge in [-0.2, -0.15) is 0 Å². The Labute approximate surface area is 124 Å². The molecule has 0 bridgehead atoms. The maximum atomic E-state index is 11.7. The molecule has 2 rings (SSSR count). The molecule has 0 saturated carbocycles. The Balaban J connectivity index is 1.77. The lowest BCUT2D eigenvalue weighted by Crippen LogP contribution is -2.41. The van der Waals surface area contributed by atoms with Crippen molar-refractivity contribution in [3.8, 4) is 11.5 Å². The van der Waals surface area contributed by atoms with Crippen LogP contribution >= 0.6 is 0 Å². The Kier molecular flexibility index (Phi) is 5.83. The van der Waals surface area contributed by atoms with Crippen molar-refractivity contribution in [3.63, 3.8) is 0 Å². The van der Waals surface area contributed by atoms with Gasteiger partial charge in [0.2, 0.25) is 5.91 Å². The van der Waals surface area contributed by atoms with Gasteiger partial charge in [-0.15, -0.1) is 0 Å². The fourth-order valence-corrected chi connectivity index (χ4v) is 2.08. The Hall–Kier alpha value is -1.79. The first-order valence-electron chi connectivity index (χ1n) is 7.11. The second-order valence-corrected chi connectivity index (χ2v) is 4.91. The molecule has 1 unspecified atom stereocenters. The number of amides is 1. The quantitative estimate of drug-likeness (QED) is 0.764. The predicted octanol–water partition coefficient (Wildman–Crippen LogP) is 0.480. The van der Waals surface area contributed by atoms with Gasteiger partial charge in [0.05, 0.1) is 6.04 Å². The number of hydrogen-bond donors (Lipinski definition) is 2. The molecule has 1 aliphatic rings. The average Bonchev–Trinajstić information content (AvgIpc) is 2.52. The van der Waals surface area contributed by atoms with Crippen LogP contribution in [0.4, 0.5) is 0 Å². The third-order valence-electron chi connectivity index (χ3n) is 3.29. The molecule has 1 atom stereocenters. The average molecular weight is 294 g/mol. The first kappa shape index (κ1) is 15.6. The molecule has 0 saturated heterocycles. The molecule has 116 valence electrons. The summed E-state index contributed by atoms with van der Waals surface area (Å²) in [6.07, 6.45) is 1.24. The van der Waals surface area contributed by atoms with E-state index in [-0.39, 0.29) is 5.91 Å². The van der Waals surface area contributed by atoms with E-state index < -0.39 is 6.04 Å². The summed E-state index contributed by atoms with van der Waals surface area (Å²) < 4.78 is 15.9. The Bertz CT molecular complexity index is 479. The lowest BCUT2D eigenvalue weighted by atomic mass is 10.1. The van der Waals surface area contributed by atoms with Crippen molar-refractivity contribution < 1.29 is 19.0 Å². The van der Waals surface area contributed by atoms with Crippen LogP contribution in [0.15, 0.2) is 18.2 Å². The number of nitrogens with two attached hydrogens (primary N) is 1. The van der Waals surface area contributed by atoms with E-state index in [2.05, 4.69) is 5.32 Å². The second-order valence-electron chi connectivity index (χ2n) is 4.91. The van der Waals surface area contributed by atoms with Crippen LogP contribution in [0.5, 0.6) is 11.5 Å². The molecule has 0 fully saturated rings. The lowest BCUT2D eigenvalue weighted by Gasteiger charge is -2.19. The van der Waals surface area contributed by atoms with Gasteiger partial charge in [0.1, 0.15) is 13.2 Å². The minimum Gasteiger partial charge on any atom is -0.486 e. The van der Waals surface area contributed by atoms with E-state index in [4.69, 9.17) is 19.9 Å². The van der Waals surface area contributed by atoms with Crippen LogP contribution < -0.4 is 20.5 Å². The highest BCUT2D eigenvalue weighted by atomic mass is 16.6. The largest absolute Gasteiger partial charge is 0.486 e. The summed E-state index contributed by atoms with van der Waals surface area (Å²) in [5.74, 6) is 1.39. The Morgan fingerprint density at radius 3 is 2.90 bits per heavy atom. The van der Waals surface area contributed by atoms with Crippen molar-refractivity contribution in [1.82, 2.24) is 5.32 Å². The number of ether oxygens (including phenoxy) is 3. The Morgan fingerprint density at radius 2 is 2.14 bits per heavy atom. The van der Waals surface area contributed by atoms with Gasteiger partial charge in [-0.1, -0.05) is 6.07 Å². The van der Waals surface area contributed by atoms with E-state index in [1.807, 2.05) is 18.2 Å². The number of fused-ring (bicyclic) bond motifs is 1. The number of nitrogens with one attached hydrogen (secondary N) is 1. The lowest BCUT2D eigenvalue weighted by molar-refractivity contribution is -0.122. The zero-order chi connectivity index (χ0) is 15.1. The van der Waals surface area contributed by atoms with Gasteiger partial charge < -0.3 is 25.3 Å².